The van der Waals surface area contributed by atoms with E-state index in [1.54, 1.807) is 12.3 Å². The first-order chi connectivity index (χ1) is 12.9. The van der Waals surface area contributed by atoms with E-state index in [0.717, 1.165) is 19.2 Å². The van der Waals surface area contributed by atoms with Gasteiger partial charge < -0.3 is 15.4 Å². The van der Waals surface area contributed by atoms with Gasteiger partial charge in [-0.3, -0.25) is 0 Å². The summed E-state index contributed by atoms with van der Waals surface area (Å²) in [4.78, 5) is 19.6. The van der Waals surface area contributed by atoms with Crippen LogP contribution >= 0.6 is 0 Å². The van der Waals surface area contributed by atoms with Crippen molar-refractivity contribution < 1.29 is 13.5 Å². The van der Waals surface area contributed by atoms with Crippen LogP contribution in [0.25, 0.3) is 22.4 Å². The van der Waals surface area contributed by atoms with Gasteiger partial charge in [0.15, 0.2) is 11.5 Å². The Labute approximate surface area is 155 Å². The Morgan fingerprint density at radius 2 is 2.11 bits per heavy atom. The third-order valence-corrected chi connectivity index (χ3v) is 5.65. The quantitative estimate of drug-likeness (QED) is 0.591. The van der Waals surface area contributed by atoms with Crippen LogP contribution in [-0.4, -0.2) is 63.8 Å². The number of fused-ring (bicyclic) bond motifs is 1. The minimum absolute atomic E-state index is 0.0999. The molecule has 1 aliphatic rings. The highest BCUT2D eigenvalue weighted by Gasteiger charge is 2.32. The van der Waals surface area contributed by atoms with E-state index < -0.39 is 16.0 Å². The molecule has 1 saturated heterocycles. The number of H-pyrrole nitrogens is 1. The van der Waals surface area contributed by atoms with Crippen molar-refractivity contribution in [2.45, 2.75) is 18.9 Å². The molecule has 3 aromatic rings. The Morgan fingerprint density at radius 3 is 2.85 bits per heavy atom. The van der Waals surface area contributed by atoms with E-state index in [-0.39, 0.29) is 11.9 Å². The number of hydrogen-bond acceptors (Lipinski definition) is 8. The predicted molar refractivity (Wildman–Crippen MR) is 99.8 cm³/mol. The molecule has 3 N–H and O–H groups in total. The molecule has 4 rings (SSSR count). The van der Waals surface area contributed by atoms with Crippen molar-refractivity contribution in [3.8, 4) is 17.3 Å². The summed E-state index contributed by atoms with van der Waals surface area (Å²) in [5, 5.41) is 13.0. The van der Waals surface area contributed by atoms with Gasteiger partial charge in [-0.25, -0.2) is 27.7 Å². The predicted octanol–water partition coefficient (Wildman–Crippen LogP) is 0.638. The number of aromatic hydroxyl groups is 1. The first-order valence-corrected chi connectivity index (χ1v) is 10.3. The van der Waals surface area contributed by atoms with Crippen LogP contribution in [0.1, 0.15) is 12.8 Å². The fourth-order valence-corrected chi connectivity index (χ4v) is 4.48. The van der Waals surface area contributed by atoms with Gasteiger partial charge >= 0.3 is 6.01 Å². The molecule has 1 atom stereocenters. The number of hydrogen-bond donors (Lipinski definition) is 3. The van der Waals surface area contributed by atoms with Gasteiger partial charge in [0, 0.05) is 18.9 Å². The van der Waals surface area contributed by atoms with Gasteiger partial charge in [-0.2, -0.15) is 4.98 Å². The lowest BCUT2D eigenvalue weighted by molar-refractivity contribution is 0.426. The molecule has 0 spiro atoms. The van der Waals surface area contributed by atoms with E-state index in [2.05, 4.69) is 30.2 Å². The van der Waals surface area contributed by atoms with Gasteiger partial charge in [-0.1, -0.05) is 0 Å². The van der Waals surface area contributed by atoms with E-state index in [4.69, 9.17) is 0 Å². The SMILES string of the molecule is CS(=O)(=O)N(c1nc(O)ncc1-c1cnc2[nH]ccc2n1)C1CCCNC1. The first-order valence-electron chi connectivity index (χ1n) is 8.50. The lowest BCUT2D eigenvalue weighted by atomic mass is 10.1. The molecule has 0 radical (unpaired) electrons. The lowest BCUT2D eigenvalue weighted by Gasteiger charge is -2.34. The van der Waals surface area contributed by atoms with E-state index >= 15 is 0 Å². The maximum Gasteiger partial charge on any atom is 0.315 e. The summed E-state index contributed by atoms with van der Waals surface area (Å²) in [5.41, 5.74) is 2.07. The van der Waals surface area contributed by atoms with Gasteiger partial charge in [0.2, 0.25) is 10.0 Å². The number of sulfonamides is 1. The molecule has 1 aliphatic heterocycles. The Bertz CT molecular complexity index is 1080. The lowest BCUT2D eigenvalue weighted by Crippen LogP contribution is -2.49. The second-order valence-electron chi connectivity index (χ2n) is 6.43. The van der Waals surface area contributed by atoms with Crippen molar-refractivity contribution in [2.24, 2.45) is 0 Å². The summed E-state index contributed by atoms with van der Waals surface area (Å²) >= 11 is 0. The minimum atomic E-state index is -3.66. The molecule has 10 nitrogen and oxygen atoms in total. The monoisotopic (exact) mass is 389 g/mol. The Morgan fingerprint density at radius 1 is 1.26 bits per heavy atom. The fraction of sp³-hybridized carbons (Fsp3) is 0.375. The smallest absolute Gasteiger partial charge is 0.315 e. The third-order valence-electron chi connectivity index (χ3n) is 4.46. The molecule has 3 aromatic heterocycles. The maximum atomic E-state index is 12.6. The molecular weight excluding hydrogens is 370 g/mol. The summed E-state index contributed by atoms with van der Waals surface area (Å²) in [7, 11) is -3.66. The summed E-state index contributed by atoms with van der Waals surface area (Å²) in [5.74, 6) is 0.0999. The molecule has 27 heavy (non-hydrogen) atoms. The van der Waals surface area contributed by atoms with Crippen LogP contribution in [0.15, 0.2) is 24.7 Å². The molecule has 0 amide bonds. The topological polar surface area (TPSA) is 137 Å². The van der Waals surface area contributed by atoms with Gasteiger partial charge in [0.05, 0.1) is 29.8 Å². The van der Waals surface area contributed by atoms with Crippen molar-refractivity contribution in [1.82, 2.24) is 30.2 Å². The Kier molecular flexibility index (Phi) is 4.40. The standard InChI is InChI=1S/C16H19N7O3S/c1-27(25,26)23(10-3-2-5-17-7-10)15-11(8-20-16(24)22-15)13-9-19-14-12(21-13)4-6-18-14/h4,6,8-10,17H,2-3,5,7H2,1H3,(H,18,19)(H,20,22,24). The zero-order valence-corrected chi connectivity index (χ0v) is 15.4. The van der Waals surface area contributed by atoms with Gasteiger partial charge in [0.25, 0.3) is 0 Å². The highest BCUT2D eigenvalue weighted by atomic mass is 32.2. The number of aromatic amines is 1. The van der Waals surface area contributed by atoms with E-state index in [1.165, 1.54) is 16.7 Å². The van der Waals surface area contributed by atoms with Crippen molar-refractivity contribution in [2.75, 3.05) is 23.7 Å². The largest absolute Gasteiger partial charge is 0.479 e. The number of aromatic nitrogens is 5. The second-order valence-corrected chi connectivity index (χ2v) is 8.29. The molecule has 1 unspecified atom stereocenters. The molecule has 4 heterocycles. The van der Waals surface area contributed by atoms with Crippen LogP contribution in [0, 0.1) is 0 Å². The van der Waals surface area contributed by atoms with Crippen molar-refractivity contribution >= 4 is 27.0 Å². The molecule has 11 heteroatoms. The summed E-state index contributed by atoms with van der Waals surface area (Å²) in [6.07, 6.45) is 7.28. The van der Waals surface area contributed by atoms with Crippen LogP contribution in [-0.2, 0) is 10.0 Å². The fourth-order valence-electron chi connectivity index (χ4n) is 3.31. The number of nitrogens with one attached hydrogen (secondary N) is 2. The second kappa shape index (κ2) is 6.74. The van der Waals surface area contributed by atoms with Crippen LogP contribution in [0.5, 0.6) is 6.01 Å². The van der Waals surface area contributed by atoms with E-state index in [1.807, 2.05) is 0 Å². The molecule has 142 valence electrons. The average molecular weight is 389 g/mol. The number of rotatable bonds is 4. The van der Waals surface area contributed by atoms with E-state index in [0.29, 0.717) is 35.4 Å². The number of piperidine rings is 1. The van der Waals surface area contributed by atoms with Gasteiger partial charge in [-0.15, -0.1) is 0 Å². The minimum Gasteiger partial charge on any atom is -0.479 e. The van der Waals surface area contributed by atoms with Crippen LogP contribution in [0.3, 0.4) is 0 Å². The Hall–Kier alpha value is -2.79. The molecule has 0 saturated carbocycles. The van der Waals surface area contributed by atoms with Crippen LogP contribution < -0.4 is 9.62 Å². The first kappa shape index (κ1) is 17.6. The molecule has 1 fully saturated rings. The van der Waals surface area contributed by atoms with Crippen LogP contribution in [0.4, 0.5) is 5.82 Å². The zero-order valence-electron chi connectivity index (χ0n) is 14.6. The highest BCUT2D eigenvalue weighted by Crippen LogP contribution is 2.33. The van der Waals surface area contributed by atoms with E-state index in [9.17, 15) is 13.5 Å². The summed E-state index contributed by atoms with van der Waals surface area (Å²) < 4.78 is 26.5. The average Bonchev–Trinajstić information content (AvgIpc) is 3.09. The molecular formula is C16H19N7O3S. The summed E-state index contributed by atoms with van der Waals surface area (Å²) in [6, 6.07) is 0.958. The van der Waals surface area contributed by atoms with Crippen molar-refractivity contribution in [3.63, 3.8) is 0 Å². The third kappa shape index (κ3) is 3.43. The van der Waals surface area contributed by atoms with Crippen molar-refractivity contribution in [3.05, 3.63) is 24.7 Å². The zero-order chi connectivity index (χ0) is 19.0. The molecule has 0 aliphatic carbocycles. The van der Waals surface area contributed by atoms with Gasteiger partial charge in [-0.05, 0) is 25.5 Å². The highest BCUT2D eigenvalue weighted by molar-refractivity contribution is 7.92. The normalized spacial score (nSPS) is 17.9. The van der Waals surface area contributed by atoms with Crippen molar-refractivity contribution in [1.29, 1.82) is 0 Å². The number of anilines is 1. The molecule has 0 aromatic carbocycles. The van der Waals surface area contributed by atoms with Gasteiger partial charge in [0.1, 0.15) is 5.52 Å². The van der Waals surface area contributed by atoms with Crippen LogP contribution in [0.2, 0.25) is 0 Å². The Balaban J connectivity index is 1.88. The molecule has 0 bridgehead atoms. The maximum absolute atomic E-state index is 12.6. The number of nitrogens with zero attached hydrogens (tertiary/aromatic N) is 5. The summed E-state index contributed by atoms with van der Waals surface area (Å²) in [6.45, 7) is 1.34.